The monoisotopic (exact) mass is 286 g/mol. The van der Waals surface area contributed by atoms with Crippen LogP contribution in [-0.2, 0) is 5.60 Å². The smallest absolute Gasteiger partial charge is 0.0932 e. The largest absolute Gasteiger partial charge is 0.385 e. The maximum absolute atomic E-state index is 11.7. The van der Waals surface area contributed by atoms with Gasteiger partial charge in [-0.3, -0.25) is 0 Å². The molecule has 0 radical (unpaired) electrons. The van der Waals surface area contributed by atoms with Gasteiger partial charge in [0, 0.05) is 0 Å². The van der Waals surface area contributed by atoms with E-state index in [9.17, 15) is 5.11 Å². The molecule has 2 aliphatic carbocycles. The number of rotatable bonds is 3. The van der Waals surface area contributed by atoms with E-state index in [2.05, 4.69) is 45.0 Å². The van der Waals surface area contributed by atoms with Crippen LogP contribution in [0.4, 0.5) is 0 Å². The van der Waals surface area contributed by atoms with Gasteiger partial charge in [-0.25, -0.2) is 0 Å². The van der Waals surface area contributed by atoms with Crippen LogP contribution in [0.25, 0.3) is 0 Å². The van der Waals surface area contributed by atoms with E-state index in [1.807, 2.05) is 0 Å². The summed E-state index contributed by atoms with van der Waals surface area (Å²) < 4.78 is 0. The van der Waals surface area contributed by atoms with Gasteiger partial charge in [-0.1, -0.05) is 57.9 Å². The second-order valence-corrected chi connectivity index (χ2v) is 7.88. The van der Waals surface area contributed by atoms with Crippen molar-refractivity contribution >= 4 is 0 Å². The molecule has 2 fully saturated rings. The van der Waals surface area contributed by atoms with E-state index >= 15 is 0 Å². The summed E-state index contributed by atoms with van der Waals surface area (Å²) in [6.07, 6.45) is 7.30. The fraction of sp³-hybridized carbons (Fsp3) is 0.700. The number of benzene rings is 1. The molecule has 0 bridgehead atoms. The minimum Gasteiger partial charge on any atom is -0.385 e. The molecule has 0 saturated heterocycles. The average Bonchev–Trinajstić information content (AvgIpc) is 2.36. The number of hydrogen-bond donors (Lipinski definition) is 1. The Labute approximate surface area is 129 Å². The van der Waals surface area contributed by atoms with Crippen molar-refractivity contribution in [1.82, 2.24) is 0 Å². The summed E-state index contributed by atoms with van der Waals surface area (Å²) in [5, 5.41) is 11.7. The van der Waals surface area contributed by atoms with Crippen molar-refractivity contribution in [1.29, 1.82) is 0 Å². The fourth-order valence-electron chi connectivity index (χ4n) is 4.65. The summed E-state index contributed by atoms with van der Waals surface area (Å²) in [6, 6.07) is 8.75. The van der Waals surface area contributed by atoms with E-state index in [-0.39, 0.29) is 0 Å². The lowest BCUT2D eigenvalue weighted by atomic mass is 9.62. The Morgan fingerprint density at radius 2 is 1.81 bits per heavy atom. The van der Waals surface area contributed by atoms with E-state index in [0.717, 1.165) is 12.8 Å². The van der Waals surface area contributed by atoms with Crippen LogP contribution in [0.1, 0.15) is 76.3 Å². The molecule has 0 aromatic heterocycles. The van der Waals surface area contributed by atoms with Crippen LogP contribution in [0.5, 0.6) is 0 Å². The van der Waals surface area contributed by atoms with Gasteiger partial charge in [0.25, 0.3) is 0 Å². The molecule has 0 amide bonds. The van der Waals surface area contributed by atoms with Crippen molar-refractivity contribution in [3.8, 4) is 0 Å². The lowest BCUT2D eigenvalue weighted by Crippen LogP contribution is -2.44. The van der Waals surface area contributed by atoms with Crippen LogP contribution in [0, 0.1) is 17.8 Å². The molecular formula is C20H30O. The van der Waals surface area contributed by atoms with Crippen molar-refractivity contribution in [2.75, 3.05) is 0 Å². The third-order valence-corrected chi connectivity index (χ3v) is 6.02. The average molecular weight is 286 g/mol. The predicted octanol–water partition coefficient (Wildman–Crippen LogP) is 5.23. The Kier molecular flexibility index (Phi) is 4.14. The molecule has 21 heavy (non-hydrogen) atoms. The van der Waals surface area contributed by atoms with Crippen LogP contribution in [0.3, 0.4) is 0 Å². The quantitative estimate of drug-likeness (QED) is 0.806. The maximum atomic E-state index is 11.7. The molecule has 116 valence electrons. The summed E-state index contributed by atoms with van der Waals surface area (Å²) >= 11 is 0. The van der Waals surface area contributed by atoms with Gasteiger partial charge >= 0.3 is 0 Å². The fourth-order valence-corrected chi connectivity index (χ4v) is 4.65. The first kappa shape index (κ1) is 15.1. The molecule has 1 N–H and O–H groups in total. The van der Waals surface area contributed by atoms with Crippen LogP contribution < -0.4 is 0 Å². The molecule has 3 atom stereocenters. The first-order valence-electron chi connectivity index (χ1n) is 8.84. The van der Waals surface area contributed by atoms with Gasteiger partial charge < -0.3 is 5.11 Å². The summed E-state index contributed by atoms with van der Waals surface area (Å²) in [5.74, 6) is 2.25. The highest BCUT2D eigenvalue weighted by molar-refractivity contribution is 5.37. The van der Waals surface area contributed by atoms with Gasteiger partial charge in [0.1, 0.15) is 0 Å². The molecule has 1 heteroatoms. The molecular weight excluding hydrogens is 256 g/mol. The lowest BCUT2D eigenvalue weighted by Gasteiger charge is -2.47. The van der Waals surface area contributed by atoms with Gasteiger partial charge in [-0.05, 0) is 60.5 Å². The van der Waals surface area contributed by atoms with E-state index in [1.54, 1.807) is 0 Å². The minimum atomic E-state index is -0.613. The van der Waals surface area contributed by atoms with Crippen molar-refractivity contribution in [3.05, 3.63) is 35.4 Å². The van der Waals surface area contributed by atoms with Crippen LogP contribution in [0.2, 0.25) is 0 Å². The summed E-state index contributed by atoms with van der Waals surface area (Å²) in [6.45, 7) is 6.85. The van der Waals surface area contributed by atoms with Gasteiger partial charge in [0.05, 0.1) is 5.60 Å². The Balaban J connectivity index is 2.02. The summed E-state index contributed by atoms with van der Waals surface area (Å²) in [7, 11) is 0. The zero-order valence-corrected chi connectivity index (χ0v) is 13.8. The molecule has 1 aromatic carbocycles. The van der Waals surface area contributed by atoms with Crippen molar-refractivity contribution in [2.24, 2.45) is 17.8 Å². The van der Waals surface area contributed by atoms with E-state index in [4.69, 9.17) is 0 Å². The standard InChI is InChI=1S/C20H30O/c1-14(2)18-12-11-15(3)13-20(18,21)19-10-5-4-9-17(19)16-7-6-8-16/h4-5,9-10,14-16,18,21H,6-8,11-13H2,1-3H3. The molecule has 0 spiro atoms. The SMILES string of the molecule is CC1CCC(C(C)C)C(O)(c2ccccc2C2CCC2)C1. The van der Waals surface area contributed by atoms with Crippen LogP contribution >= 0.6 is 0 Å². The first-order chi connectivity index (χ1) is 10.0. The first-order valence-corrected chi connectivity index (χ1v) is 8.84. The molecule has 0 heterocycles. The van der Waals surface area contributed by atoms with E-state index < -0.39 is 5.60 Å². The third-order valence-electron chi connectivity index (χ3n) is 6.02. The van der Waals surface area contributed by atoms with Gasteiger partial charge in [-0.2, -0.15) is 0 Å². The van der Waals surface area contributed by atoms with Crippen molar-refractivity contribution in [3.63, 3.8) is 0 Å². The molecule has 2 saturated carbocycles. The second kappa shape index (κ2) is 5.76. The molecule has 3 unspecified atom stereocenters. The zero-order chi connectivity index (χ0) is 15.0. The molecule has 2 aliphatic rings. The summed E-state index contributed by atoms with van der Waals surface area (Å²) in [5.41, 5.74) is 2.07. The highest BCUT2D eigenvalue weighted by atomic mass is 16.3. The van der Waals surface area contributed by atoms with Crippen molar-refractivity contribution in [2.45, 2.75) is 70.8 Å². The molecule has 0 aliphatic heterocycles. The van der Waals surface area contributed by atoms with Crippen LogP contribution in [0.15, 0.2) is 24.3 Å². The number of hydrogen-bond acceptors (Lipinski definition) is 1. The maximum Gasteiger partial charge on any atom is 0.0932 e. The molecule has 3 rings (SSSR count). The Morgan fingerprint density at radius 1 is 1.10 bits per heavy atom. The highest BCUT2D eigenvalue weighted by Crippen LogP contribution is 2.50. The summed E-state index contributed by atoms with van der Waals surface area (Å²) in [4.78, 5) is 0. The molecule has 1 aromatic rings. The Hall–Kier alpha value is -0.820. The minimum absolute atomic E-state index is 0.398. The topological polar surface area (TPSA) is 20.2 Å². The predicted molar refractivity (Wildman–Crippen MR) is 88.3 cm³/mol. The zero-order valence-electron chi connectivity index (χ0n) is 13.8. The Bertz CT molecular complexity index is 488. The second-order valence-electron chi connectivity index (χ2n) is 7.88. The third kappa shape index (κ3) is 2.65. The highest BCUT2D eigenvalue weighted by Gasteiger charge is 2.45. The van der Waals surface area contributed by atoms with Crippen LogP contribution in [-0.4, -0.2) is 5.11 Å². The van der Waals surface area contributed by atoms with Gasteiger partial charge in [-0.15, -0.1) is 0 Å². The van der Waals surface area contributed by atoms with E-state index in [1.165, 1.54) is 36.8 Å². The number of aliphatic hydroxyl groups is 1. The Morgan fingerprint density at radius 3 is 2.43 bits per heavy atom. The van der Waals surface area contributed by atoms with E-state index in [0.29, 0.717) is 23.7 Å². The van der Waals surface area contributed by atoms with Gasteiger partial charge in [0.15, 0.2) is 0 Å². The van der Waals surface area contributed by atoms with Gasteiger partial charge in [0.2, 0.25) is 0 Å². The van der Waals surface area contributed by atoms with Crippen molar-refractivity contribution < 1.29 is 5.11 Å². The molecule has 1 nitrogen and oxygen atoms in total. The normalized spacial score (nSPS) is 34.0. The lowest BCUT2D eigenvalue weighted by molar-refractivity contribution is -0.0875.